The molecule has 0 N–H and O–H groups in total. The van der Waals surface area contributed by atoms with Crippen molar-refractivity contribution >= 4 is 16.8 Å². The summed E-state index contributed by atoms with van der Waals surface area (Å²) < 4.78 is 3.25. The van der Waals surface area contributed by atoms with Crippen LogP contribution in [0.5, 0.6) is 0 Å². The summed E-state index contributed by atoms with van der Waals surface area (Å²) in [4.78, 5) is 23.7. The maximum atomic E-state index is 12.1. The highest BCUT2D eigenvalue weighted by Crippen LogP contribution is 2.12. The first-order valence-electron chi connectivity index (χ1n) is 5.88. The molecule has 0 atom stereocenters. The number of aryl methyl sites for hydroxylation is 1. The van der Waals surface area contributed by atoms with Crippen molar-refractivity contribution in [3.05, 3.63) is 34.7 Å². The van der Waals surface area contributed by atoms with Crippen LogP contribution in [0.15, 0.2) is 29.1 Å². The largest absolute Gasteiger partial charge is 0.329 e. The van der Waals surface area contributed by atoms with E-state index in [-0.39, 0.29) is 18.0 Å². The Kier molecular flexibility index (Phi) is 3.13. The smallest absolute Gasteiger partial charge is 0.298 e. The number of ketones is 1. The average molecular weight is 232 g/mol. The van der Waals surface area contributed by atoms with Gasteiger partial charge in [0.15, 0.2) is 5.78 Å². The van der Waals surface area contributed by atoms with Crippen LogP contribution in [0.1, 0.15) is 20.3 Å². The van der Waals surface area contributed by atoms with Gasteiger partial charge in [0.2, 0.25) is 0 Å². The lowest BCUT2D eigenvalue weighted by molar-refractivity contribution is -0.119. The highest BCUT2D eigenvalue weighted by atomic mass is 16.2. The zero-order valence-electron chi connectivity index (χ0n) is 10.1. The lowest BCUT2D eigenvalue weighted by Gasteiger charge is -1.99. The predicted molar refractivity (Wildman–Crippen MR) is 67.2 cm³/mol. The zero-order valence-corrected chi connectivity index (χ0v) is 10.1. The van der Waals surface area contributed by atoms with E-state index in [9.17, 15) is 9.59 Å². The normalized spacial score (nSPS) is 10.9. The maximum Gasteiger partial charge on any atom is 0.329 e. The summed E-state index contributed by atoms with van der Waals surface area (Å²) in [5.74, 6) is 0.0751. The SMILES string of the molecule is CCC(=O)Cn1c(=O)n(CC)c2ccccc21. The van der Waals surface area contributed by atoms with E-state index in [2.05, 4.69) is 0 Å². The van der Waals surface area contributed by atoms with Gasteiger partial charge in [0.05, 0.1) is 17.6 Å². The molecule has 0 fully saturated rings. The van der Waals surface area contributed by atoms with Gasteiger partial charge in [-0.2, -0.15) is 0 Å². The number of fused-ring (bicyclic) bond motifs is 1. The Balaban J connectivity index is 2.66. The van der Waals surface area contributed by atoms with Gasteiger partial charge >= 0.3 is 5.69 Å². The van der Waals surface area contributed by atoms with E-state index in [0.717, 1.165) is 11.0 Å². The molecule has 0 spiro atoms. The highest BCUT2D eigenvalue weighted by Gasteiger charge is 2.12. The number of Topliss-reactive ketones (excluding diaryl/α,β-unsaturated/α-hetero) is 1. The second kappa shape index (κ2) is 4.57. The second-order valence-electron chi connectivity index (χ2n) is 3.99. The minimum atomic E-state index is -0.101. The summed E-state index contributed by atoms with van der Waals surface area (Å²) in [6.07, 6.45) is 0.456. The number of rotatable bonds is 4. The summed E-state index contributed by atoms with van der Waals surface area (Å²) in [5.41, 5.74) is 1.63. The highest BCUT2D eigenvalue weighted by molar-refractivity contribution is 5.81. The first-order valence-corrected chi connectivity index (χ1v) is 5.88. The van der Waals surface area contributed by atoms with Gasteiger partial charge < -0.3 is 0 Å². The fourth-order valence-electron chi connectivity index (χ4n) is 2.02. The molecule has 4 heteroatoms. The molecule has 90 valence electrons. The molecule has 0 aliphatic heterocycles. The van der Waals surface area contributed by atoms with Gasteiger partial charge in [0.1, 0.15) is 0 Å². The molecular weight excluding hydrogens is 216 g/mol. The Morgan fingerprint density at radius 2 is 1.71 bits per heavy atom. The van der Waals surface area contributed by atoms with Crippen molar-refractivity contribution in [3.63, 3.8) is 0 Å². The number of hydrogen-bond acceptors (Lipinski definition) is 2. The third kappa shape index (κ3) is 1.90. The van der Waals surface area contributed by atoms with Crippen LogP contribution in [0.2, 0.25) is 0 Å². The van der Waals surface area contributed by atoms with Crippen LogP contribution in [0.3, 0.4) is 0 Å². The van der Waals surface area contributed by atoms with Gasteiger partial charge in [0.25, 0.3) is 0 Å². The molecule has 1 aromatic carbocycles. The molecule has 0 amide bonds. The van der Waals surface area contributed by atoms with Crippen molar-refractivity contribution < 1.29 is 4.79 Å². The fourth-order valence-corrected chi connectivity index (χ4v) is 2.02. The molecule has 4 nitrogen and oxygen atoms in total. The molecule has 0 radical (unpaired) electrons. The van der Waals surface area contributed by atoms with Crippen molar-refractivity contribution in [2.24, 2.45) is 0 Å². The number of imidazole rings is 1. The van der Waals surface area contributed by atoms with Crippen molar-refractivity contribution in [1.82, 2.24) is 9.13 Å². The molecule has 2 aromatic rings. The van der Waals surface area contributed by atoms with Gasteiger partial charge in [-0.3, -0.25) is 13.9 Å². The zero-order chi connectivity index (χ0) is 12.4. The summed E-state index contributed by atoms with van der Waals surface area (Å²) in [7, 11) is 0. The summed E-state index contributed by atoms with van der Waals surface area (Å²) in [6, 6.07) is 7.58. The van der Waals surface area contributed by atoms with Gasteiger partial charge in [0, 0.05) is 13.0 Å². The molecule has 0 aliphatic rings. The quantitative estimate of drug-likeness (QED) is 0.806. The third-order valence-electron chi connectivity index (χ3n) is 2.97. The first kappa shape index (κ1) is 11.6. The topological polar surface area (TPSA) is 44.0 Å². The molecule has 17 heavy (non-hydrogen) atoms. The van der Waals surface area contributed by atoms with Gasteiger partial charge in [-0.1, -0.05) is 19.1 Å². The van der Waals surface area contributed by atoms with Crippen molar-refractivity contribution in [3.8, 4) is 0 Å². The fraction of sp³-hybridized carbons (Fsp3) is 0.385. The standard InChI is InChI=1S/C13H16N2O2/c1-3-10(16)9-15-12-8-6-5-7-11(12)14(4-2)13(15)17/h5-8H,3-4,9H2,1-2H3. The van der Waals surface area contributed by atoms with E-state index in [0.29, 0.717) is 13.0 Å². The Bertz CT molecular complexity index is 607. The minimum absolute atomic E-state index is 0.0751. The van der Waals surface area contributed by atoms with Gasteiger partial charge in [-0.05, 0) is 19.1 Å². The summed E-state index contributed by atoms with van der Waals surface area (Å²) in [5, 5.41) is 0. The number of aromatic nitrogens is 2. The number of nitrogens with zero attached hydrogens (tertiary/aromatic N) is 2. The van der Waals surface area contributed by atoms with Gasteiger partial charge in [-0.25, -0.2) is 4.79 Å². The number of benzene rings is 1. The minimum Gasteiger partial charge on any atom is -0.298 e. The predicted octanol–water partition coefficient (Wildman–Crippen LogP) is 1.80. The second-order valence-corrected chi connectivity index (χ2v) is 3.99. The van der Waals surface area contributed by atoms with Crippen molar-refractivity contribution in [2.45, 2.75) is 33.4 Å². The summed E-state index contributed by atoms with van der Waals surface area (Å²) >= 11 is 0. The molecule has 0 saturated heterocycles. The number of hydrogen-bond donors (Lipinski definition) is 0. The van der Waals surface area contributed by atoms with Crippen LogP contribution in [0.4, 0.5) is 0 Å². The van der Waals surface area contributed by atoms with E-state index >= 15 is 0 Å². The molecular formula is C13H16N2O2. The molecule has 0 saturated carbocycles. The Labute approximate surface area is 99.5 Å². The molecule has 1 heterocycles. The van der Waals surface area contributed by atoms with E-state index < -0.39 is 0 Å². The van der Waals surface area contributed by atoms with Crippen LogP contribution in [0.25, 0.3) is 11.0 Å². The van der Waals surface area contributed by atoms with Crippen molar-refractivity contribution in [2.75, 3.05) is 0 Å². The van der Waals surface area contributed by atoms with Crippen LogP contribution < -0.4 is 5.69 Å². The molecule has 2 rings (SSSR count). The summed E-state index contributed by atoms with van der Waals surface area (Å²) in [6.45, 7) is 4.53. The van der Waals surface area contributed by atoms with Gasteiger partial charge in [-0.15, -0.1) is 0 Å². The molecule has 0 bridgehead atoms. The lowest BCUT2D eigenvalue weighted by atomic mass is 10.3. The molecule has 1 aromatic heterocycles. The van der Waals surface area contributed by atoms with Crippen LogP contribution in [-0.2, 0) is 17.9 Å². The Morgan fingerprint density at radius 1 is 1.12 bits per heavy atom. The first-order chi connectivity index (χ1) is 8.19. The van der Waals surface area contributed by atoms with Crippen LogP contribution in [0, 0.1) is 0 Å². The van der Waals surface area contributed by atoms with Crippen LogP contribution >= 0.6 is 0 Å². The number of carbonyl (C=O) groups excluding carboxylic acids is 1. The Hall–Kier alpha value is -1.84. The molecule has 0 unspecified atom stereocenters. The maximum absolute atomic E-state index is 12.1. The van der Waals surface area contributed by atoms with Crippen molar-refractivity contribution in [1.29, 1.82) is 0 Å². The average Bonchev–Trinajstić information content (AvgIpc) is 2.62. The number of para-hydroxylation sites is 2. The van der Waals surface area contributed by atoms with E-state index in [1.165, 1.54) is 0 Å². The Morgan fingerprint density at radius 3 is 2.24 bits per heavy atom. The van der Waals surface area contributed by atoms with E-state index in [4.69, 9.17) is 0 Å². The van der Waals surface area contributed by atoms with Crippen LogP contribution in [-0.4, -0.2) is 14.9 Å². The lowest BCUT2D eigenvalue weighted by Crippen LogP contribution is -2.26. The number of carbonyl (C=O) groups is 1. The third-order valence-corrected chi connectivity index (χ3v) is 2.97. The van der Waals surface area contributed by atoms with E-state index in [1.54, 1.807) is 9.13 Å². The monoisotopic (exact) mass is 232 g/mol. The van der Waals surface area contributed by atoms with E-state index in [1.807, 2.05) is 38.1 Å². The molecule has 0 aliphatic carbocycles.